The van der Waals surface area contributed by atoms with E-state index in [0.29, 0.717) is 19.3 Å². The highest BCUT2D eigenvalue weighted by atomic mass is 16.5. The number of ether oxygens (including phenoxy) is 2. The van der Waals surface area contributed by atoms with Crippen LogP contribution < -0.4 is 10.5 Å². The summed E-state index contributed by atoms with van der Waals surface area (Å²) >= 11 is 0. The number of rotatable bonds is 9. The quantitative estimate of drug-likeness (QED) is 0.683. The van der Waals surface area contributed by atoms with Crippen LogP contribution in [0.25, 0.3) is 0 Å². The number of nitrogens with zero attached hydrogens (tertiary/aromatic N) is 1. The van der Waals surface area contributed by atoms with E-state index >= 15 is 0 Å². The fraction of sp³-hybridized carbons (Fsp3) is 0.708. The minimum absolute atomic E-state index is 0.0681. The molecule has 2 aliphatic rings. The van der Waals surface area contributed by atoms with Crippen molar-refractivity contribution in [3.05, 3.63) is 30.3 Å². The number of para-hydroxylation sites is 1. The number of likely N-dealkylation sites (tertiary alicyclic amines) is 1. The second kappa shape index (κ2) is 11.1. The van der Waals surface area contributed by atoms with E-state index in [1.54, 1.807) is 0 Å². The molecule has 2 atom stereocenters. The Hall–Kier alpha value is -1.43. The molecule has 1 aliphatic heterocycles. The maximum Gasteiger partial charge on any atom is 0.184 e. The molecule has 1 heterocycles. The molecule has 1 aromatic rings. The largest absolute Gasteiger partial charge is 0.486 e. The third-order valence-electron chi connectivity index (χ3n) is 6.63. The summed E-state index contributed by atoms with van der Waals surface area (Å²) < 4.78 is 11.9. The molecule has 29 heavy (non-hydrogen) atoms. The first kappa shape index (κ1) is 22.3. The van der Waals surface area contributed by atoms with E-state index in [4.69, 9.17) is 15.2 Å². The molecule has 0 amide bonds. The zero-order valence-corrected chi connectivity index (χ0v) is 18.1. The molecule has 0 bridgehead atoms. The molecule has 5 heteroatoms. The molecule has 5 nitrogen and oxygen atoms in total. The van der Waals surface area contributed by atoms with Gasteiger partial charge in [0.25, 0.3) is 0 Å². The van der Waals surface area contributed by atoms with Crippen LogP contribution in [0.5, 0.6) is 5.75 Å². The van der Waals surface area contributed by atoms with E-state index < -0.39 is 0 Å². The van der Waals surface area contributed by atoms with Gasteiger partial charge in [-0.2, -0.15) is 0 Å². The fourth-order valence-electron chi connectivity index (χ4n) is 4.69. The summed E-state index contributed by atoms with van der Waals surface area (Å²) in [6.07, 6.45) is 7.20. The van der Waals surface area contributed by atoms with Crippen molar-refractivity contribution in [2.45, 2.75) is 70.6 Å². The van der Waals surface area contributed by atoms with Crippen molar-refractivity contribution in [1.29, 1.82) is 0 Å². The van der Waals surface area contributed by atoms with Gasteiger partial charge in [0.15, 0.2) is 5.78 Å². The average Bonchev–Trinajstić information content (AvgIpc) is 2.73. The molecular weight excluding hydrogens is 364 g/mol. The van der Waals surface area contributed by atoms with Gasteiger partial charge in [-0.05, 0) is 69.0 Å². The molecule has 2 fully saturated rings. The van der Waals surface area contributed by atoms with Crippen LogP contribution in [0.2, 0.25) is 0 Å². The lowest BCUT2D eigenvalue weighted by molar-refractivity contribution is -0.124. The SMILES string of the molecule is CC(C)C1CCC(OCC2C(N)CCCN2CC(=O)COc2ccccc2)CC1. The molecule has 0 aromatic heterocycles. The van der Waals surface area contributed by atoms with Crippen LogP contribution in [0.4, 0.5) is 0 Å². The summed E-state index contributed by atoms with van der Waals surface area (Å²) in [5, 5.41) is 0. The van der Waals surface area contributed by atoms with Crippen LogP contribution in [0, 0.1) is 11.8 Å². The Balaban J connectivity index is 1.45. The van der Waals surface area contributed by atoms with Gasteiger partial charge in [-0.15, -0.1) is 0 Å². The minimum Gasteiger partial charge on any atom is -0.486 e. The summed E-state index contributed by atoms with van der Waals surface area (Å²) in [5.41, 5.74) is 6.42. The van der Waals surface area contributed by atoms with Gasteiger partial charge in [0.05, 0.1) is 19.3 Å². The topological polar surface area (TPSA) is 64.8 Å². The second-order valence-corrected chi connectivity index (χ2v) is 9.10. The zero-order chi connectivity index (χ0) is 20.6. The van der Waals surface area contributed by atoms with E-state index in [2.05, 4.69) is 18.7 Å². The van der Waals surface area contributed by atoms with Crippen molar-refractivity contribution in [3.8, 4) is 5.75 Å². The first-order valence-electron chi connectivity index (χ1n) is 11.3. The van der Waals surface area contributed by atoms with Crippen LogP contribution in [0.1, 0.15) is 52.4 Å². The average molecular weight is 403 g/mol. The molecule has 0 spiro atoms. The molecular formula is C24H38N2O3. The number of hydrogen-bond donors (Lipinski definition) is 1. The fourth-order valence-corrected chi connectivity index (χ4v) is 4.69. The highest BCUT2D eigenvalue weighted by Crippen LogP contribution is 2.31. The lowest BCUT2D eigenvalue weighted by Crippen LogP contribution is -2.56. The predicted octanol–water partition coefficient (Wildman–Crippen LogP) is 3.66. The Labute approximate surface area is 175 Å². The van der Waals surface area contributed by atoms with Crippen molar-refractivity contribution in [2.75, 3.05) is 26.3 Å². The number of nitrogens with two attached hydrogens (primary N) is 1. The Morgan fingerprint density at radius 2 is 1.86 bits per heavy atom. The summed E-state index contributed by atoms with van der Waals surface area (Å²) in [6, 6.07) is 9.68. The van der Waals surface area contributed by atoms with Crippen LogP contribution in [0.3, 0.4) is 0 Å². The third-order valence-corrected chi connectivity index (χ3v) is 6.63. The van der Waals surface area contributed by atoms with Gasteiger partial charge in [-0.1, -0.05) is 32.0 Å². The minimum atomic E-state index is 0.0681. The highest BCUT2D eigenvalue weighted by molar-refractivity contribution is 5.82. The molecule has 1 saturated heterocycles. The van der Waals surface area contributed by atoms with Gasteiger partial charge in [-0.3, -0.25) is 9.69 Å². The van der Waals surface area contributed by atoms with Gasteiger partial charge in [-0.25, -0.2) is 0 Å². The number of carbonyl (C=O) groups is 1. The van der Waals surface area contributed by atoms with Crippen LogP contribution >= 0.6 is 0 Å². The van der Waals surface area contributed by atoms with E-state index in [1.807, 2.05) is 30.3 Å². The van der Waals surface area contributed by atoms with Crippen molar-refractivity contribution in [2.24, 2.45) is 17.6 Å². The smallest absolute Gasteiger partial charge is 0.184 e. The molecule has 3 rings (SSSR count). The van der Waals surface area contributed by atoms with E-state index in [1.165, 1.54) is 12.8 Å². The lowest BCUT2D eigenvalue weighted by Gasteiger charge is -2.40. The second-order valence-electron chi connectivity index (χ2n) is 9.10. The molecule has 1 aliphatic carbocycles. The molecule has 1 saturated carbocycles. The normalized spacial score (nSPS) is 28.4. The van der Waals surface area contributed by atoms with Crippen molar-refractivity contribution in [3.63, 3.8) is 0 Å². The summed E-state index contributed by atoms with van der Waals surface area (Å²) in [4.78, 5) is 14.7. The van der Waals surface area contributed by atoms with Gasteiger partial charge in [0.1, 0.15) is 12.4 Å². The Morgan fingerprint density at radius 3 is 2.55 bits per heavy atom. The lowest BCUT2D eigenvalue weighted by atomic mass is 9.80. The van der Waals surface area contributed by atoms with E-state index in [9.17, 15) is 4.79 Å². The van der Waals surface area contributed by atoms with Crippen LogP contribution in [-0.2, 0) is 9.53 Å². The molecule has 0 radical (unpaired) electrons. The van der Waals surface area contributed by atoms with E-state index in [0.717, 1.165) is 49.8 Å². The molecule has 2 unspecified atom stereocenters. The van der Waals surface area contributed by atoms with Gasteiger partial charge in [0, 0.05) is 12.1 Å². The number of ketones is 1. The number of carbonyl (C=O) groups excluding carboxylic acids is 1. The van der Waals surface area contributed by atoms with Gasteiger partial charge in [0.2, 0.25) is 0 Å². The van der Waals surface area contributed by atoms with Crippen LogP contribution in [-0.4, -0.2) is 55.2 Å². The Kier molecular flexibility index (Phi) is 8.52. The Bertz CT molecular complexity index is 614. The molecule has 1 aromatic carbocycles. The summed E-state index contributed by atoms with van der Waals surface area (Å²) in [7, 11) is 0. The standard InChI is InChI=1S/C24H38N2O3/c1-18(2)19-10-12-22(13-11-19)29-17-24-23(25)9-6-14-26(24)15-20(27)16-28-21-7-4-3-5-8-21/h3-5,7-8,18-19,22-24H,6,9-17,25H2,1-2H3. The Morgan fingerprint density at radius 1 is 1.14 bits per heavy atom. The summed E-state index contributed by atoms with van der Waals surface area (Å²) in [6.45, 7) is 6.66. The van der Waals surface area contributed by atoms with Crippen LogP contribution in [0.15, 0.2) is 30.3 Å². The molecule has 162 valence electrons. The monoisotopic (exact) mass is 402 g/mol. The first-order chi connectivity index (χ1) is 14.0. The first-order valence-corrected chi connectivity index (χ1v) is 11.3. The molecule has 2 N–H and O–H groups in total. The predicted molar refractivity (Wildman–Crippen MR) is 116 cm³/mol. The van der Waals surface area contributed by atoms with Crippen molar-refractivity contribution in [1.82, 2.24) is 4.90 Å². The van der Waals surface area contributed by atoms with Gasteiger partial charge < -0.3 is 15.2 Å². The van der Waals surface area contributed by atoms with Crippen molar-refractivity contribution < 1.29 is 14.3 Å². The number of benzene rings is 1. The maximum atomic E-state index is 12.5. The third kappa shape index (κ3) is 6.80. The highest BCUT2D eigenvalue weighted by Gasteiger charge is 2.32. The number of hydrogen-bond acceptors (Lipinski definition) is 5. The zero-order valence-electron chi connectivity index (χ0n) is 18.1. The number of Topliss-reactive ketones (excluding diaryl/α,β-unsaturated/α-hetero) is 1. The maximum absolute atomic E-state index is 12.5. The van der Waals surface area contributed by atoms with E-state index in [-0.39, 0.29) is 24.5 Å². The summed E-state index contributed by atoms with van der Waals surface area (Å²) in [5.74, 6) is 2.42. The van der Waals surface area contributed by atoms with Gasteiger partial charge >= 0.3 is 0 Å². The number of piperidine rings is 1. The van der Waals surface area contributed by atoms with Crippen molar-refractivity contribution >= 4 is 5.78 Å².